The summed E-state index contributed by atoms with van der Waals surface area (Å²) < 4.78 is 0. The summed E-state index contributed by atoms with van der Waals surface area (Å²) in [5, 5.41) is 3.84. The van der Waals surface area contributed by atoms with E-state index in [9.17, 15) is 4.79 Å². The lowest BCUT2D eigenvalue weighted by molar-refractivity contribution is 0.0788. The van der Waals surface area contributed by atoms with Gasteiger partial charge in [0.25, 0.3) is 5.91 Å². The Labute approximate surface area is 87.5 Å². The van der Waals surface area contributed by atoms with Crippen molar-refractivity contribution in [1.29, 1.82) is 0 Å². The Morgan fingerprint density at radius 2 is 2.57 bits per heavy atom. The number of amides is 1. The lowest BCUT2D eigenvalue weighted by Gasteiger charge is -2.15. The van der Waals surface area contributed by atoms with Crippen LogP contribution in [0.25, 0.3) is 0 Å². The van der Waals surface area contributed by atoms with Crippen molar-refractivity contribution in [2.75, 3.05) is 19.6 Å². The molecule has 0 unspecified atom stereocenters. The van der Waals surface area contributed by atoms with E-state index < -0.39 is 0 Å². The van der Waals surface area contributed by atoms with Gasteiger partial charge in [-0.2, -0.15) is 11.3 Å². The average Bonchev–Trinajstić information content (AvgIpc) is 2.88. The van der Waals surface area contributed by atoms with Crippen molar-refractivity contribution in [3.8, 4) is 0 Å². The quantitative estimate of drug-likeness (QED) is 0.796. The van der Waals surface area contributed by atoms with Crippen LogP contribution in [0, 0.1) is 5.92 Å². The van der Waals surface area contributed by atoms with E-state index in [-0.39, 0.29) is 5.91 Å². The minimum atomic E-state index is 0.155. The predicted octanol–water partition coefficient (Wildman–Crippen LogP) is 1.17. The summed E-state index contributed by atoms with van der Waals surface area (Å²) >= 11 is 1.56. The van der Waals surface area contributed by atoms with Gasteiger partial charge < -0.3 is 10.6 Å². The summed E-state index contributed by atoms with van der Waals surface area (Å²) in [7, 11) is 0. The van der Waals surface area contributed by atoms with Gasteiger partial charge in [0.05, 0.1) is 5.56 Å². The van der Waals surface area contributed by atoms with Crippen LogP contribution >= 0.6 is 11.3 Å². The maximum Gasteiger partial charge on any atom is 0.254 e. The number of hydrogen-bond donors (Lipinski definition) is 1. The third-order valence-electron chi connectivity index (χ3n) is 2.67. The maximum atomic E-state index is 11.9. The molecule has 2 N–H and O–H groups in total. The van der Waals surface area contributed by atoms with Crippen LogP contribution in [-0.4, -0.2) is 30.4 Å². The molecular formula is C10H14N2OS. The topological polar surface area (TPSA) is 46.3 Å². The number of likely N-dealkylation sites (tertiary alicyclic amines) is 1. The van der Waals surface area contributed by atoms with Crippen LogP contribution in [-0.2, 0) is 0 Å². The second-order valence-electron chi connectivity index (χ2n) is 3.65. The number of rotatable bonds is 2. The number of hydrogen-bond acceptors (Lipinski definition) is 3. The van der Waals surface area contributed by atoms with Gasteiger partial charge in [0.15, 0.2) is 0 Å². The Kier molecular flexibility index (Phi) is 2.84. The van der Waals surface area contributed by atoms with Crippen molar-refractivity contribution in [2.24, 2.45) is 11.7 Å². The molecule has 1 aliphatic heterocycles. The second kappa shape index (κ2) is 4.11. The van der Waals surface area contributed by atoms with Gasteiger partial charge in [-0.05, 0) is 30.3 Å². The average molecular weight is 210 g/mol. The van der Waals surface area contributed by atoms with Crippen molar-refractivity contribution >= 4 is 17.2 Å². The van der Waals surface area contributed by atoms with Crippen molar-refractivity contribution in [1.82, 2.24) is 4.90 Å². The fourth-order valence-electron chi connectivity index (χ4n) is 1.78. The zero-order chi connectivity index (χ0) is 9.97. The minimum absolute atomic E-state index is 0.155. The normalized spacial score (nSPS) is 21.5. The zero-order valence-electron chi connectivity index (χ0n) is 7.98. The Morgan fingerprint density at radius 3 is 3.14 bits per heavy atom. The first-order chi connectivity index (χ1) is 6.81. The molecule has 1 amide bonds. The highest BCUT2D eigenvalue weighted by Crippen LogP contribution is 2.18. The molecule has 1 aromatic heterocycles. The molecule has 0 saturated carbocycles. The van der Waals surface area contributed by atoms with Crippen molar-refractivity contribution in [3.05, 3.63) is 22.4 Å². The highest BCUT2D eigenvalue weighted by molar-refractivity contribution is 7.08. The van der Waals surface area contributed by atoms with Gasteiger partial charge in [0.2, 0.25) is 0 Å². The summed E-state index contributed by atoms with van der Waals surface area (Å²) in [6.45, 7) is 2.37. The summed E-state index contributed by atoms with van der Waals surface area (Å²) in [6.07, 6.45) is 1.05. The van der Waals surface area contributed by atoms with Gasteiger partial charge in [-0.25, -0.2) is 0 Å². The molecule has 0 aliphatic carbocycles. The van der Waals surface area contributed by atoms with Crippen LogP contribution in [0.2, 0.25) is 0 Å². The van der Waals surface area contributed by atoms with E-state index in [4.69, 9.17) is 5.73 Å². The van der Waals surface area contributed by atoms with Crippen LogP contribution < -0.4 is 5.73 Å². The number of nitrogens with two attached hydrogens (primary N) is 1. The number of nitrogens with zero attached hydrogens (tertiary/aromatic N) is 1. The third-order valence-corrected chi connectivity index (χ3v) is 3.36. The predicted molar refractivity (Wildman–Crippen MR) is 57.4 cm³/mol. The maximum absolute atomic E-state index is 11.9. The molecule has 1 saturated heterocycles. The first-order valence-corrected chi connectivity index (χ1v) is 5.77. The highest BCUT2D eigenvalue weighted by Gasteiger charge is 2.25. The van der Waals surface area contributed by atoms with Gasteiger partial charge in [-0.1, -0.05) is 0 Å². The lowest BCUT2D eigenvalue weighted by atomic mass is 10.1. The Hall–Kier alpha value is -0.870. The Balaban J connectivity index is 2.00. The minimum Gasteiger partial charge on any atom is -0.338 e. The van der Waals surface area contributed by atoms with E-state index in [0.717, 1.165) is 25.1 Å². The largest absolute Gasteiger partial charge is 0.338 e. The second-order valence-corrected chi connectivity index (χ2v) is 4.43. The monoisotopic (exact) mass is 210 g/mol. The Morgan fingerprint density at radius 1 is 1.71 bits per heavy atom. The fourth-order valence-corrected chi connectivity index (χ4v) is 2.41. The summed E-state index contributed by atoms with van der Waals surface area (Å²) in [6, 6.07) is 1.88. The lowest BCUT2D eigenvalue weighted by Crippen LogP contribution is -2.29. The SMILES string of the molecule is NC[C@H]1CCN(C(=O)c2ccsc2)C1. The fraction of sp³-hybridized carbons (Fsp3) is 0.500. The molecule has 1 aliphatic rings. The molecule has 3 nitrogen and oxygen atoms in total. The first kappa shape index (κ1) is 9.68. The molecular weight excluding hydrogens is 196 g/mol. The van der Waals surface area contributed by atoms with E-state index in [1.54, 1.807) is 11.3 Å². The van der Waals surface area contributed by atoms with Crippen molar-refractivity contribution < 1.29 is 4.79 Å². The summed E-state index contributed by atoms with van der Waals surface area (Å²) in [5.41, 5.74) is 6.39. The zero-order valence-corrected chi connectivity index (χ0v) is 8.80. The van der Waals surface area contributed by atoms with Crippen molar-refractivity contribution in [3.63, 3.8) is 0 Å². The molecule has 2 heterocycles. The molecule has 1 aromatic rings. The number of carbonyl (C=O) groups excluding carboxylic acids is 1. The molecule has 1 fully saturated rings. The van der Waals surface area contributed by atoms with E-state index >= 15 is 0 Å². The van der Waals surface area contributed by atoms with E-state index in [0.29, 0.717) is 12.5 Å². The van der Waals surface area contributed by atoms with Crippen LogP contribution in [0.3, 0.4) is 0 Å². The van der Waals surface area contributed by atoms with Crippen LogP contribution in [0.5, 0.6) is 0 Å². The van der Waals surface area contributed by atoms with Crippen LogP contribution in [0.4, 0.5) is 0 Å². The van der Waals surface area contributed by atoms with Gasteiger partial charge in [0, 0.05) is 18.5 Å². The van der Waals surface area contributed by atoms with Crippen LogP contribution in [0.15, 0.2) is 16.8 Å². The van der Waals surface area contributed by atoms with E-state index in [1.165, 1.54) is 0 Å². The van der Waals surface area contributed by atoms with Gasteiger partial charge >= 0.3 is 0 Å². The molecule has 0 bridgehead atoms. The van der Waals surface area contributed by atoms with Crippen LogP contribution in [0.1, 0.15) is 16.8 Å². The van der Waals surface area contributed by atoms with Gasteiger partial charge in [-0.3, -0.25) is 4.79 Å². The summed E-state index contributed by atoms with van der Waals surface area (Å²) in [5.74, 6) is 0.653. The standard InChI is InChI=1S/C10H14N2OS/c11-5-8-1-3-12(6-8)10(13)9-2-4-14-7-9/h2,4,7-8H,1,3,5-6,11H2/t8-/m1/s1. The van der Waals surface area contributed by atoms with E-state index in [1.807, 2.05) is 21.7 Å². The molecule has 0 spiro atoms. The molecule has 4 heteroatoms. The van der Waals surface area contributed by atoms with Gasteiger partial charge in [-0.15, -0.1) is 0 Å². The molecule has 1 atom stereocenters. The molecule has 0 radical (unpaired) electrons. The molecule has 0 aromatic carbocycles. The molecule has 14 heavy (non-hydrogen) atoms. The number of carbonyl (C=O) groups is 1. The first-order valence-electron chi connectivity index (χ1n) is 4.83. The number of thiophene rings is 1. The van der Waals surface area contributed by atoms with Gasteiger partial charge in [0.1, 0.15) is 0 Å². The van der Waals surface area contributed by atoms with E-state index in [2.05, 4.69) is 0 Å². The van der Waals surface area contributed by atoms with Crippen molar-refractivity contribution in [2.45, 2.75) is 6.42 Å². The Bertz CT molecular complexity index is 310. The molecule has 76 valence electrons. The summed E-state index contributed by atoms with van der Waals surface area (Å²) in [4.78, 5) is 13.8. The molecule has 2 rings (SSSR count). The third kappa shape index (κ3) is 1.81. The highest BCUT2D eigenvalue weighted by atomic mass is 32.1. The smallest absolute Gasteiger partial charge is 0.254 e.